The van der Waals surface area contributed by atoms with Gasteiger partial charge in [-0.1, -0.05) is 42.5 Å². The predicted octanol–water partition coefficient (Wildman–Crippen LogP) is 3.26. The van der Waals surface area contributed by atoms with Crippen molar-refractivity contribution in [2.24, 2.45) is 11.7 Å². The third-order valence-electron chi connectivity index (χ3n) is 4.20. The van der Waals surface area contributed by atoms with Gasteiger partial charge in [0.25, 0.3) is 0 Å². The molecule has 0 bridgehead atoms. The second-order valence-corrected chi connectivity index (χ2v) is 6.18. The van der Waals surface area contributed by atoms with Gasteiger partial charge in [0.15, 0.2) is 0 Å². The van der Waals surface area contributed by atoms with Gasteiger partial charge in [0.1, 0.15) is 11.9 Å². The lowest BCUT2D eigenvalue weighted by molar-refractivity contribution is -0.133. The third kappa shape index (κ3) is 4.17. The molecule has 0 saturated heterocycles. The van der Waals surface area contributed by atoms with Gasteiger partial charge in [-0.25, -0.2) is 4.39 Å². The number of nitrogens with zero attached hydrogens (tertiary/aromatic N) is 1. The van der Waals surface area contributed by atoms with Gasteiger partial charge in [0.05, 0.1) is 0 Å². The first-order valence-electron chi connectivity index (χ1n) is 7.97. The van der Waals surface area contributed by atoms with E-state index in [1.807, 2.05) is 35.2 Å². The number of hydrogen-bond donors (Lipinski definition) is 1. The summed E-state index contributed by atoms with van der Waals surface area (Å²) in [6, 6.07) is 15.0. The molecule has 1 amide bonds. The van der Waals surface area contributed by atoms with Gasteiger partial charge in [0, 0.05) is 13.1 Å². The highest BCUT2D eigenvalue weighted by atomic mass is 19.1. The quantitative estimate of drug-likeness (QED) is 0.890. The van der Waals surface area contributed by atoms with Crippen LogP contribution in [-0.2, 0) is 11.3 Å². The Bertz CT molecular complexity index is 653. The zero-order valence-corrected chi connectivity index (χ0v) is 13.0. The summed E-state index contributed by atoms with van der Waals surface area (Å²) in [5.41, 5.74) is 7.90. The van der Waals surface area contributed by atoms with Crippen LogP contribution in [0.2, 0.25) is 0 Å². The molecular formula is C19H21FN2O. The van der Waals surface area contributed by atoms with Crippen LogP contribution >= 0.6 is 0 Å². The van der Waals surface area contributed by atoms with E-state index in [9.17, 15) is 9.18 Å². The normalized spacial score (nSPS) is 15.2. The standard InChI is InChI=1S/C19H21FN2O/c20-17-10-8-15(9-11-17)13-22(12-14-6-7-14)19(23)18(21)16-4-2-1-3-5-16/h1-5,8-11,14,18H,6-7,12-13,21H2. The number of carbonyl (C=O) groups excluding carboxylic acids is 1. The van der Waals surface area contributed by atoms with Gasteiger partial charge < -0.3 is 10.6 Å². The van der Waals surface area contributed by atoms with Crippen LogP contribution < -0.4 is 5.73 Å². The van der Waals surface area contributed by atoms with Crippen LogP contribution in [0.4, 0.5) is 4.39 Å². The molecule has 120 valence electrons. The number of carbonyl (C=O) groups is 1. The molecule has 1 unspecified atom stereocenters. The van der Waals surface area contributed by atoms with Crippen molar-refractivity contribution in [3.8, 4) is 0 Å². The van der Waals surface area contributed by atoms with Crippen molar-refractivity contribution in [2.45, 2.75) is 25.4 Å². The monoisotopic (exact) mass is 312 g/mol. The van der Waals surface area contributed by atoms with Crippen LogP contribution in [0, 0.1) is 11.7 Å². The highest BCUT2D eigenvalue weighted by Gasteiger charge is 2.29. The van der Waals surface area contributed by atoms with Gasteiger partial charge in [-0.15, -0.1) is 0 Å². The maximum absolute atomic E-state index is 13.1. The second kappa shape index (κ2) is 6.92. The largest absolute Gasteiger partial charge is 0.336 e. The molecule has 0 spiro atoms. The number of nitrogens with two attached hydrogens (primary N) is 1. The maximum Gasteiger partial charge on any atom is 0.244 e. The first-order chi connectivity index (χ1) is 11.1. The van der Waals surface area contributed by atoms with E-state index in [2.05, 4.69) is 0 Å². The molecule has 2 aromatic rings. The lowest BCUT2D eigenvalue weighted by atomic mass is 10.1. The highest BCUT2D eigenvalue weighted by Crippen LogP contribution is 2.31. The van der Waals surface area contributed by atoms with Crippen LogP contribution in [0.1, 0.15) is 30.0 Å². The van der Waals surface area contributed by atoms with E-state index in [-0.39, 0.29) is 11.7 Å². The Labute approximate surface area is 135 Å². The molecule has 0 aliphatic heterocycles. The molecule has 1 aliphatic carbocycles. The molecule has 3 nitrogen and oxygen atoms in total. The summed E-state index contributed by atoms with van der Waals surface area (Å²) in [5.74, 6) is 0.226. The fraction of sp³-hybridized carbons (Fsp3) is 0.316. The Balaban J connectivity index is 1.74. The van der Waals surface area contributed by atoms with Crippen LogP contribution in [0.15, 0.2) is 54.6 Å². The van der Waals surface area contributed by atoms with Crippen molar-refractivity contribution in [2.75, 3.05) is 6.54 Å². The molecule has 1 aliphatic rings. The molecule has 4 heteroatoms. The van der Waals surface area contributed by atoms with Gasteiger partial charge in [-0.2, -0.15) is 0 Å². The van der Waals surface area contributed by atoms with E-state index < -0.39 is 6.04 Å². The predicted molar refractivity (Wildman–Crippen MR) is 87.9 cm³/mol. The summed E-state index contributed by atoms with van der Waals surface area (Å²) >= 11 is 0. The minimum atomic E-state index is -0.657. The van der Waals surface area contributed by atoms with Crippen LogP contribution in [0.5, 0.6) is 0 Å². The molecule has 0 radical (unpaired) electrons. The lowest BCUT2D eigenvalue weighted by Gasteiger charge is -2.26. The SMILES string of the molecule is NC(C(=O)N(Cc1ccc(F)cc1)CC1CC1)c1ccccc1. The molecule has 2 N–H and O–H groups in total. The second-order valence-electron chi connectivity index (χ2n) is 6.18. The molecule has 1 saturated carbocycles. The first-order valence-corrected chi connectivity index (χ1v) is 7.97. The van der Waals surface area contributed by atoms with Gasteiger partial charge in [-0.3, -0.25) is 4.79 Å². The first kappa shape index (κ1) is 15.7. The Morgan fingerprint density at radius 3 is 2.39 bits per heavy atom. The molecule has 1 atom stereocenters. The molecule has 3 rings (SSSR count). The van der Waals surface area contributed by atoms with Crippen LogP contribution in [0.3, 0.4) is 0 Å². The molecular weight excluding hydrogens is 291 g/mol. The Morgan fingerprint density at radius 1 is 1.13 bits per heavy atom. The zero-order valence-electron chi connectivity index (χ0n) is 13.0. The number of halogens is 1. The van der Waals surface area contributed by atoms with E-state index in [0.717, 1.165) is 30.5 Å². The Hall–Kier alpha value is -2.20. The van der Waals surface area contributed by atoms with Crippen molar-refractivity contribution in [1.29, 1.82) is 0 Å². The Kier molecular flexibility index (Phi) is 4.72. The summed E-state index contributed by atoms with van der Waals surface area (Å²) in [5, 5.41) is 0. The summed E-state index contributed by atoms with van der Waals surface area (Å²) in [6.07, 6.45) is 2.32. The number of rotatable bonds is 6. The fourth-order valence-corrected chi connectivity index (χ4v) is 2.65. The molecule has 0 heterocycles. The highest BCUT2D eigenvalue weighted by molar-refractivity contribution is 5.83. The third-order valence-corrected chi connectivity index (χ3v) is 4.20. The van der Waals surface area contributed by atoms with Crippen molar-refractivity contribution in [1.82, 2.24) is 4.90 Å². The summed E-state index contributed by atoms with van der Waals surface area (Å²) in [6.45, 7) is 1.19. The van der Waals surface area contributed by atoms with Crippen molar-refractivity contribution in [3.63, 3.8) is 0 Å². The number of benzene rings is 2. The average Bonchev–Trinajstić information content (AvgIpc) is 3.40. The lowest BCUT2D eigenvalue weighted by Crippen LogP contribution is -2.39. The Morgan fingerprint density at radius 2 is 1.78 bits per heavy atom. The summed E-state index contributed by atoms with van der Waals surface area (Å²) < 4.78 is 13.1. The smallest absolute Gasteiger partial charge is 0.244 e. The average molecular weight is 312 g/mol. The van der Waals surface area contributed by atoms with Crippen molar-refractivity contribution >= 4 is 5.91 Å². The topological polar surface area (TPSA) is 46.3 Å². The van der Waals surface area contributed by atoms with Crippen molar-refractivity contribution in [3.05, 3.63) is 71.5 Å². The van der Waals surface area contributed by atoms with E-state index in [4.69, 9.17) is 5.73 Å². The van der Waals surface area contributed by atoms with Crippen LogP contribution in [0.25, 0.3) is 0 Å². The molecule has 0 aromatic heterocycles. The van der Waals surface area contributed by atoms with Crippen LogP contribution in [-0.4, -0.2) is 17.4 Å². The number of hydrogen-bond acceptors (Lipinski definition) is 2. The fourth-order valence-electron chi connectivity index (χ4n) is 2.65. The van der Waals surface area contributed by atoms with Crippen molar-refractivity contribution < 1.29 is 9.18 Å². The van der Waals surface area contributed by atoms with Gasteiger partial charge >= 0.3 is 0 Å². The summed E-state index contributed by atoms with van der Waals surface area (Å²) in [4.78, 5) is 14.6. The zero-order chi connectivity index (χ0) is 16.2. The van der Waals surface area contributed by atoms with Gasteiger partial charge in [-0.05, 0) is 42.0 Å². The van der Waals surface area contributed by atoms with E-state index in [0.29, 0.717) is 12.5 Å². The maximum atomic E-state index is 13.1. The summed E-state index contributed by atoms with van der Waals surface area (Å²) in [7, 11) is 0. The van der Waals surface area contributed by atoms with E-state index in [1.165, 1.54) is 12.1 Å². The van der Waals surface area contributed by atoms with E-state index in [1.54, 1.807) is 12.1 Å². The minimum Gasteiger partial charge on any atom is -0.336 e. The number of amides is 1. The molecule has 23 heavy (non-hydrogen) atoms. The van der Waals surface area contributed by atoms with E-state index >= 15 is 0 Å². The minimum absolute atomic E-state index is 0.0765. The molecule has 1 fully saturated rings. The van der Waals surface area contributed by atoms with Gasteiger partial charge in [0.2, 0.25) is 5.91 Å². The molecule has 2 aromatic carbocycles.